The van der Waals surface area contributed by atoms with Crippen LogP contribution in [-0.2, 0) is 10.2 Å². The molecule has 134 valence electrons. The van der Waals surface area contributed by atoms with Crippen LogP contribution in [0.15, 0.2) is 53.2 Å². The molecule has 1 N–H and O–H groups in total. The van der Waals surface area contributed by atoms with Gasteiger partial charge in [0.2, 0.25) is 0 Å². The number of carbonyl (C=O) groups is 1. The lowest BCUT2D eigenvalue weighted by atomic mass is 9.86. The van der Waals surface area contributed by atoms with Gasteiger partial charge in [-0.1, -0.05) is 56.7 Å². The van der Waals surface area contributed by atoms with Gasteiger partial charge in [-0.3, -0.25) is 4.79 Å². The third kappa shape index (κ3) is 3.69. The third-order valence-corrected chi connectivity index (χ3v) is 4.40. The van der Waals surface area contributed by atoms with Gasteiger partial charge in [0, 0.05) is 11.1 Å². The normalized spacial score (nSPS) is 15.8. The Hall–Kier alpha value is -2.88. The molecule has 0 radical (unpaired) electrons. The monoisotopic (exact) mass is 348 g/mol. The minimum absolute atomic E-state index is 0.0893. The van der Waals surface area contributed by atoms with Crippen LogP contribution in [0.5, 0.6) is 5.75 Å². The first-order valence-corrected chi connectivity index (χ1v) is 8.65. The zero-order chi connectivity index (χ0) is 18.9. The molecule has 0 aliphatic carbocycles. The maximum atomic E-state index is 12.3. The van der Waals surface area contributed by atoms with Crippen molar-refractivity contribution >= 4 is 17.8 Å². The van der Waals surface area contributed by atoms with Gasteiger partial charge in [0.1, 0.15) is 17.3 Å². The highest BCUT2D eigenvalue weighted by molar-refractivity contribution is 6.19. The maximum absolute atomic E-state index is 12.3. The van der Waals surface area contributed by atoms with Crippen LogP contribution >= 0.6 is 0 Å². The Morgan fingerprint density at radius 2 is 1.77 bits per heavy atom. The predicted octanol–water partition coefficient (Wildman–Crippen LogP) is 4.22. The third-order valence-electron chi connectivity index (χ3n) is 4.40. The van der Waals surface area contributed by atoms with Crippen molar-refractivity contribution in [2.45, 2.75) is 33.1 Å². The largest absolute Gasteiger partial charge is 0.496 e. The molecular weight excluding hydrogens is 324 g/mol. The molecule has 0 atom stereocenters. The molecule has 0 spiro atoms. The van der Waals surface area contributed by atoms with Crippen LogP contribution in [0.1, 0.15) is 43.0 Å². The van der Waals surface area contributed by atoms with Gasteiger partial charge in [-0.05, 0) is 36.1 Å². The van der Waals surface area contributed by atoms with Gasteiger partial charge in [-0.2, -0.15) is 0 Å². The molecular formula is C22H24N2O2. The van der Waals surface area contributed by atoms with Crippen LogP contribution in [-0.4, -0.2) is 18.9 Å². The summed E-state index contributed by atoms with van der Waals surface area (Å²) in [6.45, 7) is 8.52. The number of hydrogen-bond acceptors (Lipinski definition) is 3. The van der Waals surface area contributed by atoms with E-state index in [-0.39, 0.29) is 11.3 Å². The Morgan fingerprint density at radius 3 is 2.38 bits per heavy atom. The molecule has 0 saturated carbocycles. The second-order valence-electron chi connectivity index (χ2n) is 7.52. The zero-order valence-electron chi connectivity index (χ0n) is 15.9. The van der Waals surface area contributed by atoms with Gasteiger partial charge in [0.25, 0.3) is 5.91 Å². The number of hydrogen-bond donors (Lipinski definition) is 1. The molecule has 2 aromatic rings. The Labute approximate surface area is 154 Å². The number of amides is 1. The summed E-state index contributed by atoms with van der Waals surface area (Å²) in [6, 6.07) is 14.0. The smallest absolute Gasteiger partial charge is 0.275 e. The lowest BCUT2D eigenvalue weighted by Gasteiger charge is -2.19. The molecule has 26 heavy (non-hydrogen) atoms. The lowest BCUT2D eigenvalue weighted by Crippen LogP contribution is -2.24. The van der Waals surface area contributed by atoms with E-state index in [0.717, 1.165) is 16.7 Å². The van der Waals surface area contributed by atoms with Gasteiger partial charge < -0.3 is 10.1 Å². The molecule has 0 saturated heterocycles. The summed E-state index contributed by atoms with van der Waals surface area (Å²) < 4.78 is 5.38. The Balaban J connectivity index is 1.93. The summed E-state index contributed by atoms with van der Waals surface area (Å²) >= 11 is 0. The highest BCUT2D eigenvalue weighted by Gasteiger charge is 2.22. The Bertz CT molecular complexity index is 901. The van der Waals surface area contributed by atoms with Crippen molar-refractivity contribution in [1.82, 2.24) is 5.32 Å². The van der Waals surface area contributed by atoms with Crippen molar-refractivity contribution in [2.75, 3.05) is 7.11 Å². The lowest BCUT2D eigenvalue weighted by molar-refractivity contribution is -0.115. The maximum Gasteiger partial charge on any atom is 0.275 e. The topological polar surface area (TPSA) is 50.7 Å². The number of amidine groups is 1. The van der Waals surface area contributed by atoms with Gasteiger partial charge in [0.05, 0.1) is 7.11 Å². The number of ether oxygens (including phenoxy) is 1. The molecule has 1 aliphatic heterocycles. The molecule has 0 fully saturated rings. The first kappa shape index (κ1) is 17.9. The van der Waals surface area contributed by atoms with Gasteiger partial charge in [-0.15, -0.1) is 0 Å². The van der Waals surface area contributed by atoms with Crippen LogP contribution in [0.4, 0.5) is 0 Å². The van der Waals surface area contributed by atoms with Crippen molar-refractivity contribution in [3.63, 3.8) is 0 Å². The van der Waals surface area contributed by atoms with E-state index >= 15 is 0 Å². The number of aryl methyl sites for hydroxylation is 1. The summed E-state index contributed by atoms with van der Waals surface area (Å²) in [7, 11) is 1.62. The second-order valence-corrected chi connectivity index (χ2v) is 7.52. The number of aliphatic imine (C=N–C) groups is 1. The van der Waals surface area contributed by atoms with Crippen LogP contribution < -0.4 is 10.1 Å². The van der Waals surface area contributed by atoms with Crippen molar-refractivity contribution < 1.29 is 9.53 Å². The van der Waals surface area contributed by atoms with Crippen LogP contribution in [0, 0.1) is 6.92 Å². The van der Waals surface area contributed by atoms with E-state index in [9.17, 15) is 4.79 Å². The van der Waals surface area contributed by atoms with E-state index in [0.29, 0.717) is 17.3 Å². The number of nitrogens with one attached hydrogen (secondary N) is 1. The summed E-state index contributed by atoms with van der Waals surface area (Å²) in [5.74, 6) is 1.09. The molecule has 1 aliphatic rings. The van der Waals surface area contributed by atoms with E-state index < -0.39 is 0 Å². The minimum Gasteiger partial charge on any atom is -0.496 e. The van der Waals surface area contributed by atoms with E-state index in [1.807, 2.05) is 37.3 Å². The van der Waals surface area contributed by atoms with Crippen LogP contribution in [0.25, 0.3) is 6.08 Å². The molecule has 4 nitrogen and oxygen atoms in total. The predicted molar refractivity (Wildman–Crippen MR) is 106 cm³/mol. The molecule has 0 aromatic heterocycles. The van der Waals surface area contributed by atoms with Crippen molar-refractivity contribution in [3.8, 4) is 5.75 Å². The number of methoxy groups -OCH3 is 1. The molecule has 2 aromatic carbocycles. The fourth-order valence-electron chi connectivity index (χ4n) is 2.85. The number of rotatable bonds is 3. The Kier molecular flexibility index (Phi) is 4.68. The highest BCUT2D eigenvalue weighted by Crippen LogP contribution is 2.25. The Morgan fingerprint density at radius 1 is 1.08 bits per heavy atom. The average molecular weight is 348 g/mol. The molecule has 1 amide bonds. The minimum atomic E-state index is -0.205. The van der Waals surface area contributed by atoms with E-state index in [2.05, 4.69) is 43.2 Å². The van der Waals surface area contributed by atoms with Crippen molar-refractivity contribution in [1.29, 1.82) is 0 Å². The van der Waals surface area contributed by atoms with E-state index in [4.69, 9.17) is 4.74 Å². The molecule has 3 rings (SSSR count). The quantitative estimate of drug-likeness (QED) is 0.845. The first-order valence-electron chi connectivity index (χ1n) is 8.65. The van der Waals surface area contributed by atoms with Crippen LogP contribution in [0.2, 0.25) is 0 Å². The van der Waals surface area contributed by atoms with Gasteiger partial charge in [0.15, 0.2) is 0 Å². The SMILES string of the molecule is COc1ccc(C)cc1/C=C1/N=C(c2ccc(C(C)(C)C)cc2)NC1=O. The second kappa shape index (κ2) is 6.79. The van der Waals surface area contributed by atoms with Crippen LogP contribution in [0.3, 0.4) is 0 Å². The highest BCUT2D eigenvalue weighted by atomic mass is 16.5. The molecule has 1 heterocycles. The zero-order valence-corrected chi connectivity index (χ0v) is 15.9. The number of benzene rings is 2. The van der Waals surface area contributed by atoms with E-state index in [1.54, 1.807) is 13.2 Å². The fourth-order valence-corrected chi connectivity index (χ4v) is 2.85. The number of carbonyl (C=O) groups excluding carboxylic acids is 1. The molecule has 0 unspecified atom stereocenters. The summed E-state index contributed by atoms with van der Waals surface area (Å²) in [5, 5.41) is 2.85. The molecule has 0 bridgehead atoms. The average Bonchev–Trinajstić information content (AvgIpc) is 2.95. The fraction of sp³-hybridized carbons (Fsp3) is 0.273. The standard InChI is InChI=1S/C22H24N2O2/c1-14-6-11-19(26-5)16(12-14)13-18-21(25)24-20(23-18)15-7-9-17(10-8-15)22(2,3)4/h6-13H,1-5H3,(H,23,24,25)/b18-13+. The van der Waals surface area contributed by atoms with Crippen molar-refractivity contribution in [3.05, 3.63) is 70.4 Å². The summed E-state index contributed by atoms with van der Waals surface area (Å²) in [4.78, 5) is 16.8. The first-order chi connectivity index (χ1) is 12.3. The molecule has 4 heteroatoms. The summed E-state index contributed by atoms with van der Waals surface area (Å²) in [6.07, 6.45) is 1.76. The summed E-state index contributed by atoms with van der Waals surface area (Å²) in [5.41, 5.74) is 4.54. The van der Waals surface area contributed by atoms with Crippen molar-refractivity contribution in [2.24, 2.45) is 4.99 Å². The number of nitrogens with zero attached hydrogens (tertiary/aromatic N) is 1. The van der Waals surface area contributed by atoms with Gasteiger partial charge in [-0.25, -0.2) is 4.99 Å². The van der Waals surface area contributed by atoms with E-state index in [1.165, 1.54) is 5.56 Å². The van der Waals surface area contributed by atoms with Gasteiger partial charge >= 0.3 is 0 Å².